The monoisotopic (exact) mass is 193 g/mol. The largest absolute Gasteiger partial charge is 0.480 e. The van der Waals surface area contributed by atoms with Crippen molar-refractivity contribution in [1.29, 1.82) is 0 Å². The molecule has 0 amide bonds. The topological polar surface area (TPSA) is 66.3 Å². The van der Waals surface area contributed by atoms with Gasteiger partial charge in [0.2, 0.25) is 0 Å². The maximum absolute atomic E-state index is 10.9. The first-order valence-electron chi connectivity index (χ1n) is 4.53. The van der Waals surface area contributed by atoms with Crippen LogP contribution in [0.1, 0.15) is 12.8 Å². The lowest BCUT2D eigenvalue weighted by Gasteiger charge is -2.22. The first kappa shape index (κ1) is 8.93. The molecule has 1 aliphatic rings. The van der Waals surface area contributed by atoms with Crippen molar-refractivity contribution >= 4 is 11.7 Å². The molecule has 5 nitrogen and oxygen atoms in total. The predicted octanol–water partition coefficient (Wildman–Crippen LogP) is 0.530. The number of carboxylic acids is 1. The molecule has 0 aliphatic carbocycles. The van der Waals surface area contributed by atoms with Crippen LogP contribution >= 0.6 is 0 Å². The summed E-state index contributed by atoms with van der Waals surface area (Å²) in [5.74, 6) is -0.772. The summed E-state index contributed by atoms with van der Waals surface area (Å²) < 4.78 is 0. The molecule has 0 radical (unpaired) electrons. The van der Waals surface area contributed by atoms with E-state index in [0.29, 0.717) is 6.42 Å². The maximum Gasteiger partial charge on any atom is 0.326 e. The number of aromatic nitrogens is 2. The fourth-order valence-electron chi connectivity index (χ4n) is 1.77. The van der Waals surface area contributed by atoms with E-state index in [-0.39, 0.29) is 0 Å². The Morgan fingerprint density at radius 1 is 1.50 bits per heavy atom. The highest BCUT2D eigenvalue weighted by Crippen LogP contribution is 2.23. The van der Waals surface area contributed by atoms with Gasteiger partial charge in [-0.3, -0.25) is 0 Å². The third-order valence-corrected chi connectivity index (χ3v) is 2.42. The molecule has 5 heteroatoms. The van der Waals surface area contributed by atoms with E-state index in [1.54, 1.807) is 12.4 Å². The van der Waals surface area contributed by atoms with Crippen LogP contribution < -0.4 is 4.90 Å². The highest BCUT2D eigenvalue weighted by atomic mass is 16.4. The number of carbonyl (C=O) groups is 1. The van der Waals surface area contributed by atoms with Crippen LogP contribution in [0.5, 0.6) is 0 Å². The van der Waals surface area contributed by atoms with Gasteiger partial charge in [-0.1, -0.05) is 0 Å². The Morgan fingerprint density at radius 3 is 2.86 bits per heavy atom. The lowest BCUT2D eigenvalue weighted by Crippen LogP contribution is -2.35. The van der Waals surface area contributed by atoms with Gasteiger partial charge in [0.25, 0.3) is 0 Å². The number of aliphatic carboxylic acids is 1. The molecule has 1 N–H and O–H groups in total. The molecule has 0 saturated carbocycles. The first-order valence-corrected chi connectivity index (χ1v) is 4.53. The Bertz CT molecular complexity index is 328. The SMILES string of the molecule is O=C(O)C1CCCN1c1cncnc1. The fourth-order valence-corrected chi connectivity index (χ4v) is 1.77. The quantitative estimate of drug-likeness (QED) is 0.742. The zero-order valence-corrected chi connectivity index (χ0v) is 7.63. The van der Waals surface area contributed by atoms with Crippen LogP contribution in [0, 0.1) is 0 Å². The number of carboxylic acid groups (broad SMARTS) is 1. The summed E-state index contributed by atoms with van der Waals surface area (Å²) in [5, 5.41) is 8.96. The van der Waals surface area contributed by atoms with Crippen molar-refractivity contribution in [2.45, 2.75) is 18.9 Å². The van der Waals surface area contributed by atoms with E-state index >= 15 is 0 Å². The average molecular weight is 193 g/mol. The minimum atomic E-state index is -0.772. The minimum absolute atomic E-state index is 0.416. The van der Waals surface area contributed by atoms with Crippen LogP contribution in [0.2, 0.25) is 0 Å². The van der Waals surface area contributed by atoms with E-state index < -0.39 is 12.0 Å². The minimum Gasteiger partial charge on any atom is -0.480 e. The molecule has 74 valence electrons. The number of nitrogens with zero attached hydrogens (tertiary/aromatic N) is 3. The third kappa shape index (κ3) is 1.53. The fraction of sp³-hybridized carbons (Fsp3) is 0.444. The van der Waals surface area contributed by atoms with E-state index in [1.165, 1.54) is 6.33 Å². The highest BCUT2D eigenvalue weighted by Gasteiger charge is 2.30. The van der Waals surface area contributed by atoms with Crippen LogP contribution in [-0.4, -0.2) is 33.6 Å². The van der Waals surface area contributed by atoms with Crippen molar-refractivity contribution in [1.82, 2.24) is 9.97 Å². The number of rotatable bonds is 2. The van der Waals surface area contributed by atoms with Crippen LogP contribution in [0.15, 0.2) is 18.7 Å². The molecule has 1 aromatic rings. The Hall–Kier alpha value is -1.65. The molecule has 2 rings (SSSR count). The van der Waals surface area contributed by atoms with Crippen molar-refractivity contribution in [2.75, 3.05) is 11.4 Å². The molecule has 2 heterocycles. The highest BCUT2D eigenvalue weighted by molar-refractivity contribution is 5.78. The predicted molar refractivity (Wildman–Crippen MR) is 50.0 cm³/mol. The van der Waals surface area contributed by atoms with Crippen molar-refractivity contribution < 1.29 is 9.90 Å². The first-order chi connectivity index (χ1) is 6.79. The van der Waals surface area contributed by atoms with Gasteiger partial charge in [0.15, 0.2) is 0 Å². The molecule has 0 spiro atoms. The zero-order chi connectivity index (χ0) is 9.97. The summed E-state index contributed by atoms with van der Waals surface area (Å²) in [5.41, 5.74) is 0.789. The van der Waals surface area contributed by atoms with Crippen molar-refractivity contribution in [3.8, 4) is 0 Å². The van der Waals surface area contributed by atoms with Crippen molar-refractivity contribution in [3.05, 3.63) is 18.7 Å². The lowest BCUT2D eigenvalue weighted by molar-refractivity contribution is -0.138. The molecule has 1 saturated heterocycles. The number of hydrogen-bond acceptors (Lipinski definition) is 4. The molecule has 1 aliphatic heterocycles. The molecular weight excluding hydrogens is 182 g/mol. The van der Waals surface area contributed by atoms with Crippen LogP contribution in [-0.2, 0) is 4.79 Å². The summed E-state index contributed by atoms with van der Waals surface area (Å²) in [6.45, 7) is 0.768. The second-order valence-electron chi connectivity index (χ2n) is 3.29. The lowest BCUT2D eigenvalue weighted by atomic mass is 10.2. The molecule has 1 aromatic heterocycles. The third-order valence-electron chi connectivity index (χ3n) is 2.42. The summed E-state index contributed by atoms with van der Waals surface area (Å²) in [6, 6.07) is -0.416. The summed E-state index contributed by atoms with van der Waals surface area (Å²) in [7, 11) is 0. The molecule has 0 bridgehead atoms. The number of anilines is 1. The van der Waals surface area contributed by atoms with Crippen molar-refractivity contribution in [2.24, 2.45) is 0 Å². The Balaban J connectivity index is 2.22. The van der Waals surface area contributed by atoms with Crippen LogP contribution in [0.25, 0.3) is 0 Å². The molecule has 1 unspecified atom stereocenters. The maximum atomic E-state index is 10.9. The normalized spacial score (nSPS) is 21.1. The van der Waals surface area contributed by atoms with Crippen LogP contribution in [0.4, 0.5) is 5.69 Å². The molecule has 14 heavy (non-hydrogen) atoms. The van der Waals surface area contributed by atoms with Gasteiger partial charge in [0.1, 0.15) is 12.4 Å². The Morgan fingerprint density at radius 2 is 2.21 bits per heavy atom. The molecule has 1 atom stereocenters. The Labute approximate surface area is 81.4 Å². The van der Waals surface area contributed by atoms with E-state index in [2.05, 4.69) is 9.97 Å². The summed E-state index contributed by atoms with van der Waals surface area (Å²) in [4.78, 5) is 20.5. The van der Waals surface area contributed by atoms with Gasteiger partial charge in [-0.15, -0.1) is 0 Å². The standard InChI is InChI=1S/C9H11N3O2/c13-9(14)8-2-1-3-12(8)7-4-10-6-11-5-7/h4-6,8H,1-3H2,(H,13,14). The van der Waals surface area contributed by atoms with Gasteiger partial charge < -0.3 is 10.0 Å². The van der Waals surface area contributed by atoms with E-state index in [4.69, 9.17) is 5.11 Å². The second-order valence-corrected chi connectivity index (χ2v) is 3.29. The van der Waals surface area contributed by atoms with Gasteiger partial charge in [-0.2, -0.15) is 0 Å². The summed E-state index contributed by atoms with van der Waals surface area (Å²) in [6.07, 6.45) is 6.34. The smallest absolute Gasteiger partial charge is 0.326 e. The Kier molecular flexibility index (Phi) is 2.30. The molecule has 1 fully saturated rings. The average Bonchev–Trinajstić information content (AvgIpc) is 2.67. The second kappa shape index (κ2) is 3.61. The van der Waals surface area contributed by atoms with Gasteiger partial charge in [-0.25, -0.2) is 14.8 Å². The van der Waals surface area contributed by atoms with Gasteiger partial charge in [0, 0.05) is 6.54 Å². The number of hydrogen-bond donors (Lipinski definition) is 1. The summed E-state index contributed by atoms with van der Waals surface area (Å²) >= 11 is 0. The van der Waals surface area contributed by atoms with E-state index in [9.17, 15) is 4.79 Å². The van der Waals surface area contributed by atoms with Crippen molar-refractivity contribution in [3.63, 3.8) is 0 Å². The molecule has 0 aromatic carbocycles. The molecular formula is C9H11N3O2. The zero-order valence-electron chi connectivity index (χ0n) is 7.63. The van der Waals surface area contributed by atoms with Gasteiger partial charge in [-0.05, 0) is 12.8 Å². The van der Waals surface area contributed by atoms with E-state index in [1.807, 2.05) is 4.90 Å². The van der Waals surface area contributed by atoms with Gasteiger partial charge >= 0.3 is 5.97 Å². The van der Waals surface area contributed by atoms with Crippen LogP contribution in [0.3, 0.4) is 0 Å². The van der Waals surface area contributed by atoms with E-state index in [0.717, 1.165) is 18.7 Å². The van der Waals surface area contributed by atoms with Gasteiger partial charge in [0.05, 0.1) is 18.1 Å².